The average molecular weight is 428 g/mol. The van der Waals surface area contributed by atoms with Gasteiger partial charge in [-0.2, -0.15) is 0 Å². The third-order valence-corrected chi connectivity index (χ3v) is 6.17. The van der Waals surface area contributed by atoms with Crippen LogP contribution in [-0.4, -0.2) is 14.9 Å². The molecular weight excluding hydrogens is 407 g/mol. The topological polar surface area (TPSA) is 46.5 Å². The van der Waals surface area contributed by atoms with E-state index in [9.17, 15) is 9.90 Å². The number of halogens is 3. The first-order valence-corrected chi connectivity index (χ1v) is 9.82. The molecule has 1 fully saturated rings. The molecule has 1 aliphatic rings. The van der Waals surface area contributed by atoms with E-state index in [0.29, 0.717) is 12.2 Å². The number of para-hydroxylation sites is 1. The lowest BCUT2D eigenvalue weighted by Crippen LogP contribution is -2.25. The predicted molar refractivity (Wildman–Crippen MR) is 109 cm³/mol. The Morgan fingerprint density at radius 2 is 1.70 bits per heavy atom. The van der Waals surface area contributed by atoms with Crippen molar-refractivity contribution >= 4 is 40.8 Å². The van der Waals surface area contributed by atoms with Crippen LogP contribution in [0, 0.1) is 16.7 Å². The van der Waals surface area contributed by atoms with E-state index < -0.39 is 20.6 Å². The van der Waals surface area contributed by atoms with Gasteiger partial charge in [0.25, 0.3) is 0 Å². The number of ether oxygens (including phenoxy) is 1. The summed E-state index contributed by atoms with van der Waals surface area (Å²) in [5.74, 6) is 0.300. The molecular formula is C21H21Cl3O3. The van der Waals surface area contributed by atoms with E-state index in [0.717, 1.165) is 11.3 Å². The molecule has 6 heteroatoms. The Bertz CT molecular complexity index is 830. The normalized spacial score (nSPS) is 23.7. The van der Waals surface area contributed by atoms with Gasteiger partial charge in [-0.15, -0.1) is 0 Å². The van der Waals surface area contributed by atoms with E-state index in [-0.39, 0.29) is 12.3 Å². The fourth-order valence-electron chi connectivity index (χ4n) is 4.14. The summed E-state index contributed by atoms with van der Waals surface area (Å²) in [4.78, 5) is 12.2. The Morgan fingerprint density at radius 3 is 2.30 bits per heavy atom. The first-order valence-electron chi connectivity index (χ1n) is 8.68. The number of aliphatic carboxylic acids is 1. The molecule has 0 saturated heterocycles. The molecule has 0 heterocycles. The van der Waals surface area contributed by atoms with E-state index in [1.807, 2.05) is 68.4 Å². The molecule has 2 atom stereocenters. The maximum absolute atomic E-state index is 12.2. The van der Waals surface area contributed by atoms with Crippen molar-refractivity contribution in [3.05, 3.63) is 60.2 Å². The largest absolute Gasteiger partial charge is 0.481 e. The molecule has 2 aromatic rings. The van der Waals surface area contributed by atoms with Crippen LogP contribution in [-0.2, 0) is 11.2 Å². The van der Waals surface area contributed by atoms with Crippen LogP contribution in [0.4, 0.5) is 0 Å². The highest BCUT2D eigenvalue weighted by Gasteiger charge is 2.75. The zero-order valence-corrected chi connectivity index (χ0v) is 17.4. The summed E-state index contributed by atoms with van der Waals surface area (Å²) in [5.41, 5.74) is -0.563. The van der Waals surface area contributed by atoms with Crippen LogP contribution in [0.5, 0.6) is 11.5 Å². The molecule has 1 saturated carbocycles. The molecule has 2 unspecified atom stereocenters. The van der Waals surface area contributed by atoms with Gasteiger partial charge in [0.2, 0.25) is 0 Å². The van der Waals surface area contributed by atoms with Crippen LogP contribution in [0.25, 0.3) is 0 Å². The fraction of sp³-hybridized carbons (Fsp3) is 0.381. The molecule has 144 valence electrons. The average Bonchev–Trinajstić information content (AvgIpc) is 3.02. The number of carboxylic acid groups (broad SMARTS) is 1. The lowest BCUT2D eigenvalue weighted by atomic mass is 9.88. The Balaban J connectivity index is 1.84. The Hall–Kier alpha value is -1.42. The number of carbonyl (C=O) groups is 1. The molecule has 27 heavy (non-hydrogen) atoms. The van der Waals surface area contributed by atoms with Crippen molar-refractivity contribution in [3.8, 4) is 11.5 Å². The van der Waals surface area contributed by atoms with Crippen molar-refractivity contribution in [1.29, 1.82) is 0 Å². The van der Waals surface area contributed by atoms with Gasteiger partial charge >= 0.3 is 5.97 Å². The number of carboxylic acids is 1. The van der Waals surface area contributed by atoms with Gasteiger partial charge < -0.3 is 9.84 Å². The summed E-state index contributed by atoms with van der Waals surface area (Å²) < 4.78 is 4.39. The standard InChI is InChI=1S/C21H21Cl3O3/c1-19(2)17(13-21(22,23)24)20(19,18(25)26)12-14-7-6-10-16(11-14)27-15-8-4-3-5-9-15/h3-11,17H,12-13H2,1-2H3,(H,25,26). The Labute approximate surface area is 174 Å². The van der Waals surface area contributed by atoms with Crippen molar-refractivity contribution < 1.29 is 14.6 Å². The van der Waals surface area contributed by atoms with Crippen LogP contribution in [0.1, 0.15) is 25.8 Å². The van der Waals surface area contributed by atoms with E-state index in [4.69, 9.17) is 39.5 Å². The number of hydrogen-bond acceptors (Lipinski definition) is 2. The van der Waals surface area contributed by atoms with Gasteiger partial charge in [0.05, 0.1) is 5.41 Å². The first kappa shape index (κ1) is 20.3. The van der Waals surface area contributed by atoms with Gasteiger partial charge in [0.15, 0.2) is 3.79 Å². The minimum atomic E-state index is -1.47. The number of hydrogen-bond donors (Lipinski definition) is 1. The quantitative estimate of drug-likeness (QED) is 0.535. The Morgan fingerprint density at radius 1 is 1.07 bits per heavy atom. The van der Waals surface area contributed by atoms with Gasteiger partial charge in [0, 0.05) is 0 Å². The van der Waals surface area contributed by atoms with Crippen LogP contribution in [0.3, 0.4) is 0 Å². The lowest BCUT2D eigenvalue weighted by Gasteiger charge is -2.17. The molecule has 0 aromatic heterocycles. The van der Waals surface area contributed by atoms with Crippen molar-refractivity contribution in [2.24, 2.45) is 16.7 Å². The number of benzene rings is 2. The number of alkyl halides is 3. The monoisotopic (exact) mass is 426 g/mol. The fourth-order valence-corrected chi connectivity index (χ4v) is 4.61. The van der Waals surface area contributed by atoms with Crippen molar-refractivity contribution in [2.45, 2.75) is 30.5 Å². The summed E-state index contributed by atoms with van der Waals surface area (Å²) in [6.07, 6.45) is 0.559. The molecule has 1 aliphatic carbocycles. The molecule has 1 N–H and O–H groups in total. The zero-order valence-electron chi connectivity index (χ0n) is 15.1. The van der Waals surface area contributed by atoms with E-state index in [2.05, 4.69) is 0 Å². The third kappa shape index (κ3) is 4.06. The van der Waals surface area contributed by atoms with E-state index >= 15 is 0 Å². The summed E-state index contributed by atoms with van der Waals surface area (Å²) >= 11 is 17.9. The molecule has 3 rings (SSSR count). The molecule has 0 radical (unpaired) electrons. The van der Waals surface area contributed by atoms with E-state index in [1.165, 1.54) is 0 Å². The molecule has 0 spiro atoms. The smallest absolute Gasteiger partial charge is 0.310 e. The predicted octanol–water partition coefficient (Wildman–Crippen LogP) is 6.51. The van der Waals surface area contributed by atoms with Gasteiger partial charge in [-0.3, -0.25) is 4.79 Å². The summed E-state index contributed by atoms with van der Waals surface area (Å²) in [6.45, 7) is 3.85. The second kappa shape index (κ2) is 7.20. The molecule has 3 nitrogen and oxygen atoms in total. The molecule has 2 aromatic carbocycles. The summed E-state index contributed by atoms with van der Waals surface area (Å²) in [6, 6.07) is 16.9. The molecule has 0 amide bonds. The molecule has 0 aliphatic heterocycles. The zero-order chi connectivity index (χ0) is 19.9. The minimum absolute atomic E-state index is 0.206. The summed E-state index contributed by atoms with van der Waals surface area (Å²) in [7, 11) is 0. The number of rotatable bonds is 6. The second-order valence-electron chi connectivity index (χ2n) is 7.61. The highest BCUT2D eigenvalue weighted by Crippen LogP contribution is 2.73. The first-order chi connectivity index (χ1) is 12.6. The van der Waals surface area contributed by atoms with Crippen LogP contribution >= 0.6 is 34.8 Å². The highest BCUT2D eigenvalue weighted by molar-refractivity contribution is 6.67. The van der Waals surface area contributed by atoms with Gasteiger partial charge in [-0.25, -0.2) is 0 Å². The second-order valence-corrected chi connectivity index (χ2v) is 10.1. The van der Waals surface area contributed by atoms with Gasteiger partial charge in [0.1, 0.15) is 11.5 Å². The minimum Gasteiger partial charge on any atom is -0.481 e. The van der Waals surface area contributed by atoms with Crippen LogP contribution < -0.4 is 4.74 Å². The Kier molecular flexibility index (Phi) is 5.42. The maximum Gasteiger partial charge on any atom is 0.310 e. The third-order valence-electron chi connectivity index (χ3n) is 5.71. The van der Waals surface area contributed by atoms with Crippen molar-refractivity contribution in [1.82, 2.24) is 0 Å². The SMILES string of the molecule is CC1(C)C(CC(Cl)(Cl)Cl)C1(Cc1cccc(Oc2ccccc2)c1)C(=O)O. The summed E-state index contributed by atoms with van der Waals surface area (Å²) in [5, 5.41) is 10.0. The van der Waals surface area contributed by atoms with E-state index in [1.54, 1.807) is 0 Å². The van der Waals surface area contributed by atoms with Crippen molar-refractivity contribution in [3.63, 3.8) is 0 Å². The maximum atomic E-state index is 12.2. The van der Waals surface area contributed by atoms with Crippen LogP contribution in [0.15, 0.2) is 54.6 Å². The van der Waals surface area contributed by atoms with Gasteiger partial charge in [-0.05, 0) is 54.0 Å². The van der Waals surface area contributed by atoms with Gasteiger partial charge in [-0.1, -0.05) is 79.0 Å². The molecule has 0 bridgehead atoms. The van der Waals surface area contributed by atoms with Crippen molar-refractivity contribution in [2.75, 3.05) is 0 Å². The lowest BCUT2D eigenvalue weighted by molar-refractivity contribution is -0.145. The highest BCUT2D eigenvalue weighted by atomic mass is 35.6. The van der Waals surface area contributed by atoms with Crippen LogP contribution in [0.2, 0.25) is 0 Å².